The molecule has 0 atom stereocenters. The van der Waals surface area contributed by atoms with E-state index in [1.54, 1.807) is 18.2 Å². The number of hydrogen-bond donors (Lipinski definition) is 3. The first-order valence-electron chi connectivity index (χ1n) is 6.99. The van der Waals surface area contributed by atoms with E-state index in [0.29, 0.717) is 30.6 Å². The average molecular weight is 290 g/mol. The van der Waals surface area contributed by atoms with Crippen LogP contribution in [0.3, 0.4) is 0 Å². The molecule has 0 saturated carbocycles. The number of carboxylic acid groups (broad SMARTS) is 1. The number of amides is 2. The molecule has 0 fully saturated rings. The second kappa shape index (κ2) is 6.88. The summed E-state index contributed by atoms with van der Waals surface area (Å²) in [6.45, 7) is 0.516. The van der Waals surface area contributed by atoms with E-state index in [-0.39, 0.29) is 18.2 Å². The maximum Gasteiger partial charge on any atom is 0.303 e. The van der Waals surface area contributed by atoms with Gasteiger partial charge in [-0.3, -0.25) is 14.4 Å². The summed E-state index contributed by atoms with van der Waals surface area (Å²) in [5, 5.41) is 14.0. The Kier molecular flexibility index (Phi) is 4.92. The molecule has 3 N–H and O–H groups in total. The third kappa shape index (κ3) is 4.30. The Hall–Kier alpha value is -2.37. The van der Waals surface area contributed by atoms with Gasteiger partial charge in [-0.15, -0.1) is 0 Å². The summed E-state index contributed by atoms with van der Waals surface area (Å²) in [6, 6.07) is 5.17. The first-order valence-corrected chi connectivity index (χ1v) is 6.99. The minimum Gasteiger partial charge on any atom is -0.481 e. The molecule has 1 heterocycles. The molecule has 112 valence electrons. The Labute approximate surface area is 122 Å². The molecule has 21 heavy (non-hydrogen) atoms. The predicted octanol–water partition coefficient (Wildman–Crippen LogP) is 1.56. The van der Waals surface area contributed by atoms with E-state index >= 15 is 0 Å². The van der Waals surface area contributed by atoms with Gasteiger partial charge in [0.1, 0.15) is 0 Å². The highest BCUT2D eigenvalue weighted by Gasteiger charge is 2.18. The van der Waals surface area contributed by atoms with Crippen molar-refractivity contribution in [2.24, 2.45) is 0 Å². The minimum absolute atomic E-state index is 0.0546. The zero-order valence-corrected chi connectivity index (χ0v) is 11.6. The summed E-state index contributed by atoms with van der Waals surface area (Å²) in [5.41, 5.74) is 2.13. The van der Waals surface area contributed by atoms with E-state index in [0.717, 1.165) is 18.4 Å². The zero-order chi connectivity index (χ0) is 15.2. The first-order chi connectivity index (χ1) is 10.1. The van der Waals surface area contributed by atoms with E-state index in [4.69, 9.17) is 5.11 Å². The van der Waals surface area contributed by atoms with Crippen LogP contribution in [-0.2, 0) is 16.0 Å². The SMILES string of the molecule is O=C(O)CCCCCNC(=O)c1ccc2c(c1)NC(=O)C2. The molecule has 0 bridgehead atoms. The number of carboxylic acids is 1. The average Bonchev–Trinajstić information content (AvgIpc) is 2.81. The van der Waals surface area contributed by atoms with Crippen LogP contribution in [0.2, 0.25) is 0 Å². The lowest BCUT2D eigenvalue weighted by Crippen LogP contribution is -2.24. The maximum atomic E-state index is 11.9. The Morgan fingerprint density at radius 2 is 2.05 bits per heavy atom. The maximum absolute atomic E-state index is 11.9. The van der Waals surface area contributed by atoms with Gasteiger partial charge in [-0.1, -0.05) is 12.5 Å². The molecule has 0 aromatic heterocycles. The van der Waals surface area contributed by atoms with Crippen molar-refractivity contribution in [2.75, 3.05) is 11.9 Å². The molecule has 2 rings (SSSR count). The summed E-state index contributed by atoms with van der Waals surface area (Å²) in [7, 11) is 0. The number of aliphatic carboxylic acids is 1. The van der Waals surface area contributed by atoms with Crippen molar-refractivity contribution in [1.29, 1.82) is 0 Å². The van der Waals surface area contributed by atoms with Crippen molar-refractivity contribution in [3.8, 4) is 0 Å². The minimum atomic E-state index is -0.792. The van der Waals surface area contributed by atoms with Crippen LogP contribution in [0, 0.1) is 0 Å². The van der Waals surface area contributed by atoms with Gasteiger partial charge in [0.15, 0.2) is 0 Å². The van der Waals surface area contributed by atoms with Gasteiger partial charge in [-0.05, 0) is 30.5 Å². The van der Waals surface area contributed by atoms with Gasteiger partial charge in [0.25, 0.3) is 5.91 Å². The fourth-order valence-electron chi connectivity index (χ4n) is 2.24. The third-order valence-electron chi connectivity index (χ3n) is 3.35. The van der Waals surface area contributed by atoms with Gasteiger partial charge in [0.05, 0.1) is 6.42 Å². The number of hydrogen-bond acceptors (Lipinski definition) is 3. The fourth-order valence-corrected chi connectivity index (χ4v) is 2.24. The lowest BCUT2D eigenvalue weighted by molar-refractivity contribution is -0.137. The third-order valence-corrected chi connectivity index (χ3v) is 3.35. The molecule has 1 aliphatic rings. The molecule has 1 aliphatic heterocycles. The van der Waals surface area contributed by atoms with E-state index in [9.17, 15) is 14.4 Å². The molecule has 0 saturated heterocycles. The Morgan fingerprint density at radius 1 is 1.24 bits per heavy atom. The van der Waals surface area contributed by atoms with Gasteiger partial charge in [-0.25, -0.2) is 0 Å². The van der Waals surface area contributed by atoms with Gasteiger partial charge in [-0.2, -0.15) is 0 Å². The summed E-state index contributed by atoms with van der Waals surface area (Å²) in [5.74, 6) is -1.03. The van der Waals surface area contributed by atoms with Crippen LogP contribution in [0.15, 0.2) is 18.2 Å². The standard InChI is InChI=1S/C15H18N2O4/c18-13-9-10-5-6-11(8-12(10)17-13)15(21)16-7-3-1-2-4-14(19)20/h5-6,8H,1-4,7,9H2,(H,16,21)(H,17,18)(H,19,20). The highest BCUT2D eigenvalue weighted by Crippen LogP contribution is 2.23. The number of nitrogens with one attached hydrogen (secondary N) is 2. The molecule has 6 nitrogen and oxygen atoms in total. The molecule has 0 aliphatic carbocycles. The van der Waals surface area contributed by atoms with Gasteiger partial charge in [0, 0.05) is 24.2 Å². The van der Waals surface area contributed by atoms with E-state index in [1.807, 2.05) is 0 Å². The predicted molar refractivity (Wildman–Crippen MR) is 77.2 cm³/mol. The smallest absolute Gasteiger partial charge is 0.303 e. The van der Waals surface area contributed by atoms with Crippen LogP contribution in [-0.4, -0.2) is 29.4 Å². The zero-order valence-electron chi connectivity index (χ0n) is 11.6. The molecular weight excluding hydrogens is 272 g/mol. The summed E-state index contributed by atoms with van der Waals surface area (Å²) in [4.78, 5) is 33.5. The molecule has 2 amide bonds. The monoisotopic (exact) mass is 290 g/mol. The van der Waals surface area contributed by atoms with Crippen molar-refractivity contribution in [3.63, 3.8) is 0 Å². The van der Waals surface area contributed by atoms with Crippen LogP contribution in [0.1, 0.15) is 41.6 Å². The van der Waals surface area contributed by atoms with Crippen LogP contribution < -0.4 is 10.6 Å². The van der Waals surface area contributed by atoms with Gasteiger partial charge >= 0.3 is 5.97 Å². The fraction of sp³-hybridized carbons (Fsp3) is 0.400. The number of carbonyl (C=O) groups is 3. The highest BCUT2D eigenvalue weighted by atomic mass is 16.4. The summed E-state index contributed by atoms with van der Waals surface area (Å²) >= 11 is 0. The second-order valence-corrected chi connectivity index (χ2v) is 5.06. The topological polar surface area (TPSA) is 95.5 Å². The molecular formula is C15H18N2O4. The lowest BCUT2D eigenvalue weighted by Gasteiger charge is -2.06. The number of anilines is 1. The number of unbranched alkanes of at least 4 members (excludes halogenated alkanes) is 2. The molecule has 0 radical (unpaired) electrons. The Balaban J connectivity index is 1.75. The quantitative estimate of drug-likeness (QED) is 0.664. The van der Waals surface area contributed by atoms with Crippen LogP contribution in [0.25, 0.3) is 0 Å². The molecule has 0 unspecified atom stereocenters. The molecule has 0 spiro atoms. The van der Waals surface area contributed by atoms with Crippen molar-refractivity contribution in [3.05, 3.63) is 29.3 Å². The summed E-state index contributed by atoms with van der Waals surface area (Å²) in [6.07, 6.45) is 2.67. The normalized spacial score (nSPS) is 12.7. The van der Waals surface area contributed by atoms with Crippen molar-refractivity contribution in [2.45, 2.75) is 32.1 Å². The molecule has 1 aromatic rings. The molecule has 1 aromatic carbocycles. The lowest BCUT2D eigenvalue weighted by atomic mass is 10.1. The number of rotatable bonds is 7. The van der Waals surface area contributed by atoms with Crippen LogP contribution in [0.4, 0.5) is 5.69 Å². The van der Waals surface area contributed by atoms with E-state index < -0.39 is 5.97 Å². The van der Waals surface area contributed by atoms with Crippen molar-refractivity contribution < 1.29 is 19.5 Å². The van der Waals surface area contributed by atoms with Crippen LogP contribution >= 0.6 is 0 Å². The Bertz CT molecular complexity index is 569. The van der Waals surface area contributed by atoms with Crippen molar-refractivity contribution >= 4 is 23.5 Å². The van der Waals surface area contributed by atoms with E-state index in [1.165, 1.54) is 0 Å². The Morgan fingerprint density at radius 3 is 2.81 bits per heavy atom. The number of benzene rings is 1. The number of fused-ring (bicyclic) bond motifs is 1. The largest absolute Gasteiger partial charge is 0.481 e. The van der Waals surface area contributed by atoms with Gasteiger partial charge in [0.2, 0.25) is 5.91 Å². The van der Waals surface area contributed by atoms with Crippen molar-refractivity contribution in [1.82, 2.24) is 5.32 Å². The first kappa shape index (κ1) is 15.0. The van der Waals surface area contributed by atoms with E-state index in [2.05, 4.69) is 10.6 Å². The molecule has 6 heteroatoms. The highest BCUT2D eigenvalue weighted by molar-refractivity contribution is 6.02. The van der Waals surface area contributed by atoms with Gasteiger partial charge < -0.3 is 15.7 Å². The van der Waals surface area contributed by atoms with Crippen LogP contribution in [0.5, 0.6) is 0 Å². The second-order valence-electron chi connectivity index (χ2n) is 5.06. The summed E-state index contributed by atoms with van der Waals surface area (Å²) < 4.78 is 0. The number of carbonyl (C=O) groups excluding carboxylic acids is 2.